The Morgan fingerprint density at radius 3 is 2.42 bits per heavy atom. The maximum absolute atomic E-state index is 11.6. The molecular formula is C14H18NO4-. The van der Waals surface area contributed by atoms with Gasteiger partial charge in [-0.15, -0.1) is 0 Å². The van der Waals surface area contributed by atoms with Crippen molar-refractivity contribution in [3.05, 3.63) is 30.3 Å². The molecule has 1 N–H and O–H groups in total. The number of ether oxygens (including phenoxy) is 1. The molecule has 0 fully saturated rings. The second-order valence-electron chi connectivity index (χ2n) is 4.67. The fourth-order valence-electron chi connectivity index (χ4n) is 1.59. The zero-order valence-corrected chi connectivity index (χ0v) is 11.1. The first-order valence-corrected chi connectivity index (χ1v) is 6.17. The molecule has 0 saturated heterocycles. The number of hydrogen-bond donors (Lipinski definition) is 1. The van der Waals surface area contributed by atoms with Crippen LogP contribution < -0.4 is 15.2 Å². The zero-order valence-electron chi connectivity index (χ0n) is 11.1. The molecule has 1 amide bonds. The Kier molecular flexibility index (Phi) is 5.85. The van der Waals surface area contributed by atoms with Gasteiger partial charge < -0.3 is 20.0 Å². The van der Waals surface area contributed by atoms with Crippen LogP contribution >= 0.6 is 0 Å². The lowest BCUT2D eigenvalue weighted by atomic mass is 10.0. The van der Waals surface area contributed by atoms with Crippen molar-refractivity contribution in [2.45, 2.75) is 26.3 Å². The number of carboxylic acid groups (broad SMARTS) is 1. The molecule has 0 unspecified atom stereocenters. The molecule has 0 bridgehead atoms. The Morgan fingerprint density at radius 1 is 1.26 bits per heavy atom. The van der Waals surface area contributed by atoms with Gasteiger partial charge in [0.2, 0.25) is 0 Å². The third kappa shape index (κ3) is 5.90. The van der Waals surface area contributed by atoms with Gasteiger partial charge in [-0.25, -0.2) is 0 Å². The van der Waals surface area contributed by atoms with Crippen molar-refractivity contribution in [3.8, 4) is 5.75 Å². The summed E-state index contributed by atoms with van der Waals surface area (Å²) < 4.78 is 5.23. The van der Waals surface area contributed by atoms with Gasteiger partial charge in [0.25, 0.3) is 5.91 Å². The van der Waals surface area contributed by atoms with Crippen LogP contribution in [0.1, 0.15) is 20.3 Å². The Morgan fingerprint density at radius 2 is 1.89 bits per heavy atom. The highest BCUT2D eigenvalue weighted by Gasteiger charge is 2.15. The average Bonchev–Trinajstić information content (AvgIpc) is 2.36. The number of carbonyl (C=O) groups is 2. The van der Waals surface area contributed by atoms with Gasteiger partial charge in [-0.05, 0) is 24.5 Å². The minimum Gasteiger partial charge on any atom is -0.548 e. The minimum absolute atomic E-state index is 0.151. The first-order valence-electron chi connectivity index (χ1n) is 6.17. The third-order valence-electron chi connectivity index (χ3n) is 2.44. The van der Waals surface area contributed by atoms with Gasteiger partial charge in [-0.3, -0.25) is 4.79 Å². The predicted molar refractivity (Wildman–Crippen MR) is 68.3 cm³/mol. The molecule has 0 spiro atoms. The molecule has 0 aliphatic heterocycles. The number of aliphatic carboxylic acids is 1. The number of carbonyl (C=O) groups excluding carboxylic acids is 2. The van der Waals surface area contributed by atoms with Gasteiger partial charge >= 0.3 is 0 Å². The third-order valence-corrected chi connectivity index (χ3v) is 2.44. The molecule has 0 heterocycles. The summed E-state index contributed by atoms with van der Waals surface area (Å²) in [5.74, 6) is -1.04. The summed E-state index contributed by atoms with van der Waals surface area (Å²) in [5, 5.41) is 13.3. The normalized spacial score (nSPS) is 11.9. The van der Waals surface area contributed by atoms with E-state index < -0.39 is 17.9 Å². The maximum Gasteiger partial charge on any atom is 0.258 e. The molecule has 5 nitrogen and oxygen atoms in total. The van der Waals surface area contributed by atoms with Crippen LogP contribution in [0.15, 0.2) is 30.3 Å². The smallest absolute Gasteiger partial charge is 0.258 e. The largest absolute Gasteiger partial charge is 0.548 e. The SMILES string of the molecule is CC(C)C[C@@H](NC(=O)COc1ccccc1)C(=O)[O-]. The second kappa shape index (κ2) is 7.41. The van der Waals surface area contributed by atoms with Crippen LogP contribution in [0.25, 0.3) is 0 Å². The summed E-state index contributed by atoms with van der Waals surface area (Å²) in [4.78, 5) is 22.5. The zero-order chi connectivity index (χ0) is 14.3. The molecule has 0 aliphatic carbocycles. The Hall–Kier alpha value is -2.04. The number of hydrogen-bond acceptors (Lipinski definition) is 4. The van der Waals surface area contributed by atoms with Crippen LogP contribution in [0, 0.1) is 5.92 Å². The van der Waals surface area contributed by atoms with Crippen LogP contribution in [0.2, 0.25) is 0 Å². The molecule has 104 valence electrons. The molecular weight excluding hydrogens is 246 g/mol. The van der Waals surface area contributed by atoms with E-state index in [1.807, 2.05) is 19.9 Å². The topological polar surface area (TPSA) is 78.5 Å². The van der Waals surface area contributed by atoms with Gasteiger partial charge in [-0.1, -0.05) is 32.0 Å². The van der Waals surface area contributed by atoms with Crippen molar-refractivity contribution in [1.82, 2.24) is 5.32 Å². The summed E-state index contributed by atoms with van der Waals surface area (Å²) in [6.07, 6.45) is 0.333. The van der Waals surface area contributed by atoms with E-state index in [1.54, 1.807) is 24.3 Å². The van der Waals surface area contributed by atoms with Crippen molar-refractivity contribution in [2.75, 3.05) is 6.61 Å². The molecule has 0 saturated carbocycles. The van der Waals surface area contributed by atoms with Gasteiger partial charge in [0.05, 0.1) is 12.0 Å². The predicted octanol–water partition coefficient (Wildman–Crippen LogP) is 0.346. The lowest BCUT2D eigenvalue weighted by molar-refractivity contribution is -0.308. The molecule has 1 aromatic rings. The molecule has 0 aromatic heterocycles. The van der Waals surface area contributed by atoms with Crippen LogP contribution in [-0.2, 0) is 9.59 Å². The Balaban J connectivity index is 2.42. The quantitative estimate of drug-likeness (QED) is 0.770. The Bertz CT molecular complexity index is 417. The monoisotopic (exact) mass is 264 g/mol. The number of amides is 1. The fraction of sp³-hybridized carbons (Fsp3) is 0.429. The number of benzene rings is 1. The molecule has 1 aromatic carbocycles. The van der Waals surface area contributed by atoms with Gasteiger partial charge in [0.1, 0.15) is 5.75 Å². The number of carboxylic acids is 1. The number of nitrogens with one attached hydrogen (secondary N) is 1. The highest BCUT2D eigenvalue weighted by atomic mass is 16.5. The maximum atomic E-state index is 11.6. The highest BCUT2D eigenvalue weighted by molar-refractivity contribution is 5.83. The van der Waals surface area contributed by atoms with Crippen LogP contribution in [-0.4, -0.2) is 24.5 Å². The Labute approximate surface area is 112 Å². The first-order chi connectivity index (χ1) is 8.99. The van der Waals surface area contributed by atoms with Crippen molar-refractivity contribution in [3.63, 3.8) is 0 Å². The summed E-state index contributed by atoms with van der Waals surface area (Å²) >= 11 is 0. The molecule has 0 aliphatic rings. The molecule has 5 heteroatoms. The van der Waals surface area contributed by atoms with E-state index in [-0.39, 0.29) is 12.5 Å². The van der Waals surface area contributed by atoms with Crippen molar-refractivity contribution in [1.29, 1.82) is 0 Å². The molecule has 1 atom stereocenters. The van der Waals surface area contributed by atoms with Gasteiger partial charge in [0, 0.05) is 0 Å². The van der Waals surface area contributed by atoms with E-state index in [0.29, 0.717) is 12.2 Å². The minimum atomic E-state index is -1.28. The summed E-state index contributed by atoms with van der Waals surface area (Å²) in [7, 11) is 0. The van der Waals surface area contributed by atoms with Crippen LogP contribution in [0.5, 0.6) is 5.75 Å². The van der Waals surface area contributed by atoms with Crippen LogP contribution in [0.3, 0.4) is 0 Å². The lowest BCUT2D eigenvalue weighted by Gasteiger charge is -2.21. The average molecular weight is 264 g/mol. The van der Waals surface area contributed by atoms with Crippen molar-refractivity contribution >= 4 is 11.9 Å². The van der Waals surface area contributed by atoms with E-state index in [9.17, 15) is 14.7 Å². The summed E-state index contributed by atoms with van der Waals surface area (Å²) in [6.45, 7) is 3.54. The van der Waals surface area contributed by atoms with Crippen LogP contribution in [0.4, 0.5) is 0 Å². The molecule has 19 heavy (non-hydrogen) atoms. The number of para-hydroxylation sites is 1. The second-order valence-corrected chi connectivity index (χ2v) is 4.67. The fourth-order valence-corrected chi connectivity index (χ4v) is 1.59. The van der Waals surface area contributed by atoms with Gasteiger partial charge in [-0.2, -0.15) is 0 Å². The first kappa shape index (κ1) is 15.0. The van der Waals surface area contributed by atoms with E-state index in [0.717, 1.165) is 0 Å². The van der Waals surface area contributed by atoms with Crippen molar-refractivity contribution in [2.24, 2.45) is 5.92 Å². The van der Waals surface area contributed by atoms with E-state index in [1.165, 1.54) is 0 Å². The van der Waals surface area contributed by atoms with E-state index >= 15 is 0 Å². The number of rotatable bonds is 7. The van der Waals surface area contributed by atoms with Crippen molar-refractivity contribution < 1.29 is 19.4 Å². The highest BCUT2D eigenvalue weighted by Crippen LogP contribution is 2.08. The molecule has 1 rings (SSSR count). The van der Waals surface area contributed by atoms with Gasteiger partial charge in [0.15, 0.2) is 6.61 Å². The summed E-state index contributed by atoms with van der Waals surface area (Å²) in [5.41, 5.74) is 0. The standard InChI is InChI=1S/C14H19NO4/c1-10(2)8-12(14(17)18)15-13(16)9-19-11-6-4-3-5-7-11/h3-7,10,12H,8-9H2,1-2H3,(H,15,16)(H,17,18)/p-1/t12-/m1/s1. The molecule has 0 radical (unpaired) electrons. The van der Waals surface area contributed by atoms with E-state index in [4.69, 9.17) is 4.74 Å². The van der Waals surface area contributed by atoms with E-state index in [2.05, 4.69) is 5.32 Å². The lowest BCUT2D eigenvalue weighted by Crippen LogP contribution is -2.49. The summed E-state index contributed by atoms with van der Waals surface area (Å²) in [6, 6.07) is 7.87.